The molecule has 2 heterocycles. The minimum atomic E-state index is -0.439. The van der Waals surface area contributed by atoms with Crippen LogP contribution in [0.5, 0.6) is 0 Å². The molecule has 0 saturated carbocycles. The quantitative estimate of drug-likeness (QED) is 0.727. The highest BCUT2D eigenvalue weighted by atomic mass is 127. The van der Waals surface area contributed by atoms with Crippen LogP contribution in [0.15, 0.2) is 30.7 Å². The van der Waals surface area contributed by atoms with Gasteiger partial charge < -0.3 is 4.90 Å². The van der Waals surface area contributed by atoms with Crippen molar-refractivity contribution in [3.8, 4) is 11.3 Å². The molecule has 2 aromatic rings. The third kappa shape index (κ3) is 1.79. The molecule has 0 fully saturated rings. The number of rotatable bonds is 1. The zero-order chi connectivity index (χ0) is 13.8. The smallest absolute Gasteiger partial charge is 0.236 e. The molecule has 0 unspecified atom stereocenters. The summed E-state index contributed by atoms with van der Waals surface area (Å²) in [6, 6.07) is 6.12. The highest BCUT2D eigenvalue weighted by Crippen LogP contribution is 2.42. The predicted molar refractivity (Wildman–Crippen MR) is 83.5 cm³/mol. The molecule has 4 nitrogen and oxygen atoms in total. The fourth-order valence-corrected chi connectivity index (χ4v) is 2.98. The summed E-state index contributed by atoms with van der Waals surface area (Å²) in [5.41, 5.74) is 3.58. The number of likely N-dealkylation sites (N-methyl/N-ethyl adjacent to an activating group) is 1. The summed E-state index contributed by atoms with van der Waals surface area (Å²) in [6.45, 7) is 3.94. The minimum absolute atomic E-state index is 0.138. The Bertz CT molecular complexity index is 675. The number of carbonyl (C=O) groups is 1. The number of hydrogen-bond acceptors (Lipinski definition) is 2. The van der Waals surface area contributed by atoms with Gasteiger partial charge in [-0.3, -0.25) is 7.58 Å². The molecule has 0 aliphatic carbocycles. The molecular weight excluding hydrogens is 353 g/mol. The van der Waals surface area contributed by atoms with Crippen LogP contribution >= 0.6 is 22.9 Å². The van der Waals surface area contributed by atoms with Crippen molar-refractivity contribution in [2.75, 3.05) is 11.9 Å². The fourth-order valence-electron chi connectivity index (χ4n) is 2.59. The zero-order valence-corrected chi connectivity index (χ0v) is 13.2. The van der Waals surface area contributed by atoms with E-state index in [1.54, 1.807) is 11.2 Å². The normalized spacial score (nSPS) is 16.8. The van der Waals surface area contributed by atoms with E-state index in [1.807, 2.05) is 48.1 Å². The van der Waals surface area contributed by atoms with Crippen LogP contribution in [0.25, 0.3) is 11.3 Å². The maximum absolute atomic E-state index is 12.2. The Labute approximate surface area is 125 Å². The largest absolute Gasteiger partial charge is 0.314 e. The van der Waals surface area contributed by atoms with Gasteiger partial charge in [-0.05, 0) is 25.5 Å². The highest BCUT2D eigenvalue weighted by molar-refractivity contribution is 14.1. The van der Waals surface area contributed by atoms with Gasteiger partial charge in [0.1, 0.15) is 6.33 Å². The Kier molecular flexibility index (Phi) is 2.70. The van der Waals surface area contributed by atoms with Crippen molar-refractivity contribution >= 4 is 34.5 Å². The van der Waals surface area contributed by atoms with E-state index in [0.29, 0.717) is 0 Å². The zero-order valence-electron chi connectivity index (χ0n) is 11.0. The van der Waals surface area contributed by atoms with Crippen molar-refractivity contribution < 1.29 is 4.79 Å². The molecule has 0 radical (unpaired) electrons. The third-order valence-electron chi connectivity index (χ3n) is 3.72. The number of fused-ring (bicyclic) bond motifs is 1. The Morgan fingerprint density at radius 3 is 2.68 bits per heavy atom. The topological polar surface area (TPSA) is 38.1 Å². The Hall–Kier alpha value is -1.37. The van der Waals surface area contributed by atoms with E-state index < -0.39 is 5.41 Å². The van der Waals surface area contributed by atoms with Crippen LogP contribution in [0.1, 0.15) is 19.4 Å². The number of anilines is 1. The maximum atomic E-state index is 12.2. The molecule has 0 N–H and O–H groups in total. The first-order valence-corrected chi connectivity index (χ1v) is 7.01. The van der Waals surface area contributed by atoms with Gasteiger partial charge in [0.15, 0.2) is 0 Å². The summed E-state index contributed by atoms with van der Waals surface area (Å²) < 4.78 is 1.89. The molecule has 19 heavy (non-hydrogen) atoms. The minimum Gasteiger partial charge on any atom is -0.314 e. The summed E-state index contributed by atoms with van der Waals surface area (Å²) in [7, 11) is 1.83. The number of benzene rings is 1. The van der Waals surface area contributed by atoms with E-state index >= 15 is 0 Å². The number of carbonyl (C=O) groups excluding carboxylic acids is 1. The van der Waals surface area contributed by atoms with Crippen LogP contribution < -0.4 is 4.90 Å². The lowest BCUT2D eigenvalue weighted by atomic mass is 9.86. The van der Waals surface area contributed by atoms with Gasteiger partial charge in [0, 0.05) is 24.5 Å². The van der Waals surface area contributed by atoms with Crippen LogP contribution in [0, 0.1) is 0 Å². The number of aromatic nitrogens is 2. The van der Waals surface area contributed by atoms with Crippen molar-refractivity contribution in [3.05, 3.63) is 36.3 Å². The molecule has 5 heteroatoms. The Morgan fingerprint density at radius 2 is 2.05 bits per heavy atom. The van der Waals surface area contributed by atoms with Gasteiger partial charge in [0.05, 0.1) is 34.0 Å². The first kappa shape index (κ1) is 12.7. The van der Waals surface area contributed by atoms with Gasteiger partial charge in [0.2, 0.25) is 5.91 Å². The van der Waals surface area contributed by atoms with Gasteiger partial charge in [0.25, 0.3) is 0 Å². The van der Waals surface area contributed by atoms with E-state index in [4.69, 9.17) is 0 Å². The second-order valence-corrected chi connectivity index (χ2v) is 6.44. The van der Waals surface area contributed by atoms with Crippen molar-refractivity contribution in [3.63, 3.8) is 0 Å². The van der Waals surface area contributed by atoms with E-state index in [2.05, 4.69) is 27.8 Å². The van der Waals surface area contributed by atoms with Gasteiger partial charge >= 0.3 is 0 Å². The summed E-state index contributed by atoms with van der Waals surface area (Å²) in [4.78, 5) is 18.3. The van der Waals surface area contributed by atoms with Crippen LogP contribution in [-0.2, 0) is 10.2 Å². The van der Waals surface area contributed by atoms with E-state index in [1.165, 1.54) is 0 Å². The lowest BCUT2D eigenvalue weighted by Gasteiger charge is -2.16. The summed E-state index contributed by atoms with van der Waals surface area (Å²) in [5, 5.41) is 0. The van der Waals surface area contributed by atoms with Crippen LogP contribution in [0.3, 0.4) is 0 Å². The van der Waals surface area contributed by atoms with Crippen molar-refractivity contribution in [1.82, 2.24) is 7.76 Å². The number of amides is 1. The lowest BCUT2D eigenvalue weighted by molar-refractivity contribution is -0.121. The van der Waals surface area contributed by atoms with Crippen LogP contribution in [-0.4, -0.2) is 20.7 Å². The molecule has 1 aliphatic rings. The van der Waals surface area contributed by atoms with Gasteiger partial charge in [-0.15, -0.1) is 0 Å². The SMILES string of the molecule is CN1C(=O)C(C)(C)c2ccc(-c3cn(I)cn3)cc21. The fraction of sp³-hybridized carbons (Fsp3) is 0.286. The van der Waals surface area contributed by atoms with E-state index in [-0.39, 0.29) is 5.91 Å². The number of hydrogen-bond donors (Lipinski definition) is 0. The molecule has 98 valence electrons. The van der Waals surface area contributed by atoms with Gasteiger partial charge in [-0.1, -0.05) is 12.1 Å². The van der Waals surface area contributed by atoms with Crippen molar-refractivity contribution in [2.45, 2.75) is 19.3 Å². The van der Waals surface area contributed by atoms with Crippen LogP contribution in [0.2, 0.25) is 0 Å². The summed E-state index contributed by atoms with van der Waals surface area (Å²) >= 11 is 2.17. The van der Waals surface area contributed by atoms with Crippen molar-refractivity contribution in [1.29, 1.82) is 0 Å². The monoisotopic (exact) mass is 367 g/mol. The second-order valence-electron chi connectivity index (χ2n) is 5.32. The Balaban J connectivity index is 2.14. The van der Waals surface area contributed by atoms with Gasteiger partial charge in [-0.2, -0.15) is 0 Å². The Morgan fingerprint density at radius 1 is 1.32 bits per heavy atom. The molecule has 1 amide bonds. The number of halogens is 1. The van der Waals surface area contributed by atoms with E-state index in [9.17, 15) is 4.79 Å². The first-order chi connectivity index (χ1) is 8.91. The molecule has 0 atom stereocenters. The average molecular weight is 367 g/mol. The molecule has 1 aromatic heterocycles. The molecule has 3 rings (SSSR count). The number of nitrogens with zero attached hydrogens (tertiary/aromatic N) is 3. The summed E-state index contributed by atoms with van der Waals surface area (Å²) in [6.07, 6.45) is 3.73. The molecule has 1 aromatic carbocycles. The predicted octanol–water partition coefficient (Wildman–Crippen LogP) is 3.00. The second kappa shape index (κ2) is 4.06. The lowest BCUT2D eigenvalue weighted by Crippen LogP contribution is -2.33. The first-order valence-electron chi connectivity index (χ1n) is 6.04. The van der Waals surface area contributed by atoms with Gasteiger partial charge in [-0.25, -0.2) is 4.98 Å². The molecule has 0 spiro atoms. The van der Waals surface area contributed by atoms with Crippen LogP contribution in [0.4, 0.5) is 5.69 Å². The highest BCUT2D eigenvalue weighted by Gasteiger charge is 2.42. The standard InChI is InChI=1S/C14H14IN3O/c1-14(2)10-5-4-9(11-7-18(15)8-16-11)6-12(10)17(3)13(14)19/h4-8H,1-3H3. The third-order valence-corrected chi connectivity index (χ3v) is 4.25. The molecule has 0 saturated heterocycles. The molecule has 0 bridgehead atoms. The summed E-state index contributed by atoms with van der Waals surface area (Å²) in [5.74, 6) is 0.138. The van der Waals surface area contributed by atoms with E-state index in [0.717, 1.165) is 22.5 Å². The maximum Gasteiger partial charge on any atom is 0.236 e. The number of imidazole rings is 1. The average Bonchev–Trinajstić information content (AvgIpc) is 2.88. The van der Waals surface area contributed by atoms with Crippen molar-refractivity contribution in [2.24, 2.45) is 0 Å². The molecule has 1 aliphatic heterocycles. The molecular formula is C14H14IN3O.